The molecule has 7 nitrogen and oxygen atoms in total. The molecule has 1 saturated heterocycles. The summed E-state index contributed by atoms with van der Waals surface area (Å²) in [5, 5.41) is 12.5. The van der Waals surface area contributed by atoms with Crippen LogP contribution < -0.4 is 5.43 Å². The van der Waals surface area contributed by atoms with Crippen molar-refractivity contribution in [2.75, 3.05) is 33.2 Å². The number of carbonyl (C=O) groups is 1. The molecule has 20 heavy (non-hydrogen) atoms. The number of hydrogen-bond donors (Lipinski definition) is 1. The fourth-order valence-electron chi connectivity index (χ4n) is 1.97. The van der Waals surface area contributed by atoms with E-state index < -0.39 is 22.3 Å². The topological polar surface area (TPSA) is 78.7 Å². The standard InChI is InChI=1S/C12H15FN4O3/c1-15-4-6-16(7-5-15)14-12(18)10-8-9(13)2-3-11(10)17(19)20/h2-3,8H,4-7H2,1H3,(H,14,18). The zero-order chi connectivity index (χ0) is 14.7. The number of halogens is 1. The molecule has 1 amide bonds. The maximum Gasteiger partial charge on any atom is 0.282 e. The van der Waals surface area contributed by atoms with Crippen molar-refractivity contribution >= 4 is 11.6 Å². The summed E-state index contributed by atoms with van der Waals surface area (Å²) in [6.45, 7) is 2.80. The summed E-state index contributed by atoms with van der Waals surface area (Å²) in [5.74, 6) is -1.35. The van der Waals surface area contributed by atoms with E-state index in [1.807, 2.05) is 7.05 Å². The van der Waals surface area contributed by atoms with Gasteiger partial charge < -0.3 is 4.90 Å². The number of nitro groups is 1. The van der Waals surface area contributed by atoms with Crippen molar-refractivity contribution in [1.82, 2.24) is 15.3 Å². The Bertz CT molecular complexity index is 529. The highest BCUT2D eigenvalue weighted by Crippen LogP contribution is 2.19. The van der Waals surface area contributed by atoms with Crippen LogP contribution in [0.5, 0.6) is 0 Å². The van der Waals surface area contributed by atoms with Crippen LogP contribution in [-0.4, -0.2) is 54.0 Å². The van der Waals surface area contributed by atoms with Crippen molar-refractivity contribution in [3.63, 3.8) is 0 Å². The van der Waals surface area contributed by atoms with Gasteiger partial charge in [0, 0.05) is 32.2 Å². The molecule has 0 aliphatic carbocycles. The lowest BCUT2D eigenvalue weighted by Crippen LogP contribution is -2.52. The number of carbonyl (C=O) groups excluding carboxylic acids is 1. The molecule has 1 aliphatic heterocycles. The maximum atomic E-state index is 13.2. The van der Waals surface area contributed by atoms with E-state index in [4.69, 9.17) is 0 Å². The number of likely N-dealkylation sites (N-methyl/N-ethyl adjacent to an activating group) is 1. The lowest BCUT2D eigenvalue weighted by atomic mass is 10.1. The van der Waals surface area contributed by atoms with E-state index in [1.165, 1.54) is 0 Å². The Kier molecular flexibility index (Phi) is 4.26. The second-order valence-electron chi connectivity index (χ2n) is 4.65. The Morgan fingerprint density at radius 3 is 2.60 bits per heavy atom. The third kappa shape index (κ3) is 3.28. The van der Waals surface area contributed by atoms with Gasteiger partial charge in [-0.2, -0.15) is 0 Å². The van der Waals surface area contributed by atoms with Crippen LogP contribution in [-0.2, 0) is 0 Å². The molecule has 0 atom stereocenters. The normalized spacial score (nSPS) is 16.9. The van der Waals surface area contributed by atoms with Gasteiger partial charge in [-0.25, -0.2) is 9.40 Å². The van der Waals surface area contributed by atoms with Crippen molar-refractivity contribution in [2.24, 2.45) is 0 Å². The summed E-state index contributed by atoms with van der Waals surface area (Å²) in [6, 6.07) is 2.84. The van der Waals surface area contributed by atoms with E-state index in [9.17, 15) is 19.3 Å². The Hall–Kier alpha value is -2.06. The summed E-state index contributed by atoms with van der Waals surface area (Å²) in [7, 11) is 1.97. The highest BCUT2D eigenvalue weighted by molar-refractivity contribution is 5.97. The largest absolute Gasteiger partial charge is 0.304 e. The molecule has 0 bridgehead atoms. The van der Waals surface area contributed by atoms with Crippen LogP contribution in [0.25, 0.3) is 0 Å². The molecule has 1 aromatic carbocycles. The van der Waals surface area contributed by atoms with Crippen molar-refractivity contribution in [3.05, 3.63) is 39.7 Å². The molecule has 0 unspecified atom stereocenters. The highest BCUT2D eigenvalue weighted by Gasteiger charge is 2.23. The molecule has 2 rings (SSSR count). The smallest absolute Gasteiger partial charge is 0.282 e. The fourth-order valence-corrected chi connectivity index (χ4v) is 1.97. The van der Waals surface area contributed by atoms with Crippen LogP contribution in [0.2, 0.25) is 0 Å². The Labute approximate surface area is 115 Å². The third-order valence-electron chi connectivity index (χ3n) is 3.16. The number of nitro benzene ring substituents is 1. The van der Waals surface area contributed by atoms with E-state index in [-0.39, 0.29) is 5.56 Å². The molecular formula is C12H15FN4O3. The molecule has 0 aromatic heterocycles. The molecular weight excluding hydrogens is 267 g/mol. The molecule has 1 heterocycles. The number of rotatable bonds is 3. The Morgan fingerprint density at radius 2 is 2.00 bits per heavy atom. The van der Waals surface area contributed by atoms with Gasteiger partial charge in [0.05, 0.1) is 4.92 Å². The molecule has 8 heteroatoms. The summed E-state index contributed by atoms with van der Waals surface area (Å²) >= 11 is 0. The third-order valence-corrected chi connectivity index (χ3v) is 3.16. The lowest BCUT2D eigenvalue weighted by Gasteiger charge is -2.32. The van der Waals surface area contributed by atoms with Crippen LogP contribution in [0.4, 0.5) is 10.1 Å². The first-order valence-electron chi connectivity index (χ1n) is 6.16. The first-order chi connectivity index (χ1) is 9.47. The molecule has 108 valence electrons. The fraction of sp³-hybridized carbons (Fsp3) is 0.417. The first kappa shape index (κ1) is 14.4. The van der Waals surface area contributed by atoms with Gasteiger partial charge in [-0.1, -0.05) is 0 Å². The van der Waals surface area contributed by atoms with Gasteiger partial charge in [0.1, 0.15) is 11.4 Å². The minimum absolute atomic E-state index is 0.270. The number of nitrogens with one attached hydrogen (secondary N) is 1. The number of benzene rings is 1. The quantitative estimate of drug-likeness (QED) is 0.649. The predicted molar refractivity (Wildman–Crippen MR) is 69.6 cm³/mol. The monoisotopic (exact) mass is 282 g/mol. The van der Waals surface area contributed by atoms with Crippen molar-refractivity contribution in [3.8, 4) is 0 Å². The van der Waals surface area contributed by atoms with E-state index in [2.05, 4.69) is 10.3 Å². The average molecular weight is 282 g/mol. The Morgan fingerprint density at radius 1 is 1.35 bits per heavy atom. The number of piperazine rings is 1. The van der Waals surface area contributed by atoms with Gasteiger partial charge in [-0.05, 0) is 19.2 Å². The lowest BCUT2D eigenvalue weighted by molar-refractivity contribution is -0.385. The molecule has 1 N–H and O–H groups in total. The van der Waals surface area contributed by atoms with Crippen LogP contribution in [0.15, 0.2) is 18.2 Å². The number of hydrazine groups is 1. The van der Waals surface area contributed by atoms with Crippen molar-refractivity contribution in [2.45, 2.75) is 0 Å². The van der Waals surface area contributed by atoms with Gasteiger partial charge >= 0.3 is 0 Å². The van der Waals surface area contributed by atoms with E-state index >= 15 is 0 Å². The molecule has 0 spiro atoms. The van der Waals surface area contributed by atoms with Crippen molar-refractivity contribution < 1.29 is 14.1 Å². The molecule has 1 aliphatic rings. The van der Waals surface area contributed by atoms with Crippen LogP contribution >= 0.6 is 0 Å². The van der Waals surface area contributed by atoms with Crippen LogP contribution in [0.1, 0.15) is 10.4 Å². The van der Waals surface area contributed by atoms with Gasteiger partial charge in [-0.3, -0.25) is 20.3 Å². The van der Waals surface area contributed by atoms with E-state index in [0.29, 0.717) is 13.1 Å². The van der Waals surface area contributed by atoms with Gasteiger partial charge in [0.2, 0.25) is 0 Å². The SMILES string of the molecule is CN1CCN(NC(=O)c2cc(F)ccc2[N+](=O)[O-])CC1. The molecule has 1 fully saturated rings. The minimum Gasteiger partial charge on any atom is -0.304 e. The van der Waals surface area contributed by atoms with Crippen LogP contribution in [0.3, 0.4) is 0 Å². The maximum absolute atomic E-state index is 13.2. The van der Waals surface area contributed by atoms with Gasteiger partial charge in [0.25, 0.3) is 11.6 Å². The summed E-state index contributed by atoms with van der Waals surface area (Å²) in [4.78, 5) is 24.3. The van der Waals surface area contributed by atoms with Crippen molar-refractivity contribution in [1.29, 1.82) is 0 Å². The first-order valence-corrected chi connectivity index (χ1v) is 6.16. The molecule has 1 aromatic rings. The number of amides is 1. The van der Waals surface area contributed by atoms with Gasteiger partial charge in [-0.15, -0.1) is 0 Å². The molecule has 0 radical (unpaired) electrons. The van der Waals surface area contributed by atoms with E-state index in [1.54, 1.807) is 5.01 Å². The minimum atomic E-state index is -0.696. The number of nitrogens with zero attached hydrogens (tertiary/aromatic N) is 3. The van der Waals surface area contributed by atoms with E-state index in [0.717, 1.165) is 31.3 Å². The summed E-state index contributed by atoms with van der Waals surface area (Å²) in [5.41, 5.74) is 1.90. The highest BCUT2D eigenvalue weighted by atomic mass is 19.1. The van der Waals surface area contributed by atoms with Gasteiger partial charge in [0.15, 0.2) is 0 Å². The van der Waals surface area contributed by atoms with Crippen LogP contribution in [0, 0.1) is 15.9 Å². The molecule has 0 saturated carbocycles. The summed E-state index contributed by atoms with van der Waals surface area (Å²) < 4.78 is 13.2. The number of hydrogen-bond acceptors (Lipinski definition) is 5. The average Bonchev–Trinajstić information content (AvgIpc) is 2.41. The second kappa shape index (κ2) is 5.93. The predicted octanol–water partition coefficient (Wildman–Crippen LogP) is 0.626. The second-order valence-corrected chi connectivity index (χ2v) is 4.65. The zero-order valence-electron chi connectivity index (χ0n) is 11.0. The zero-order valence-corrected chi connectivity index (χ0v) is 11.0. The Balaban J connectivity index is 2.12. The summed E-state index contributed by atoms with van der Waals surface area (Å²) in [6.07, 6.45) is 0.